The smallest absolute Gasteiger partial charge is 0.379 e. The van der Waals surface area contributed by atoms with Gasteiger partial charge in [0.1, 0.15) is 30.3 Å². The molecule has 0 aliphatic carbocycles. The van der Waals surface area contributed by atoms with Gasteiger partial charge in [-0.3, -0.25) is 14.3 Å². The first-order chi connectivity index (χ1) is 17.9. The van der Waals surface area contributed by atoms with Crippen molar-refractivity contribution in [2.45, 2.75) is 49.9 Å². The van der Waals surface area contributed by atoms with Crippen LogP contribution in [0.2, 0.25) is 0 Å². The summed E-state index contributed by atoms with van der Waals surface area (Å²) in [6.45, 7) is 2.56. The first-order valence-corrected chi connectivity index (χ1v) is 14.1. The number of esters is 1. The lowest BCUT2D eigenvalue weighted by molar-refractivity contribution is -0.142. The highest BCUT2D eigenvalue weighted by Crippen LogP contribution is 2.55. The molecule has 0 spiro atoms. The van der Waals surface area contributed by atoms with Crippen molar-refractivity contribution in [1.82, 2.24) is 19.5 Å². The van der Waals surface area contributed by atoms with Crippen molar-refractivity contribution in [3.63, 3.8) is 0 Å². The number of aliphatic hydroxyl groups is 1. The largest absolute Gasteiger partial charge is 0.461 e. The van der Waals surface area contributed by atoms with Crippen molar-refractivity contribution in [2.75, 3.05) is 24.2 Å². The summed E-state index contributed by atoms with van der Waals surface area (Å²) in [6, 6.07) is 1.57. The van der Waals surface area contributed by atoms with Crippen LogP contribution in [0, 0.1) is 6.92 Å². The van der Waals surface area contributed by atoms with E-state index in [1.165, 1.54) is 17.7 Å². The van der Waals surface area contributed by atoms with Gasteiger partial charge in [-0.1, -0.05) is 0 Å². The number of anilines is 2. The highest BCUT2D eigenvalue weighted by Gasteiger charge is 2.57. The van der Waals surface area contributed by atoms with Crippen molar-refractivity contribution in [2.24, 2.45) is 0 Å². The third-order valence-electron chi connectivity index (χ3n) is 6.39. The first-order valence-electron chi connectivity index (χ1n) is 11.5. The van der Waals surface area contributed by atoms with E-state index in [0.717, 1.165) is 0 Å². The van der Waals surface area contributed by atoms with E-state index in [0.29, 0.717) is 28.6 Å². The van der Waals surface area contributed by atoms with Gasteiger partial charge in [-0.05, 0) is 35.3 Å². The molecule has 1 saturated heterocycles. The van der Waals surface area contributed by atoms with E-state index in [1.54, 1.807) is 19.2 Å². The summed E-state index contributed by atoms with van der Waals surface area (Å²) in [5.74, 6) is -0.163. The number of aliphatic hydroxyl groups excluding tert-OH is 1. The summed E-state index contributed by atoms with van der Waals surface area (Å²) in [5.41, 5.74) is 13.6. The zero-order valence-corrected chi connectivity index (χ0v) is 22.8. The van der Waals surface area contributed by atoms with Gasteiger partial charge >= 0.3 is 13.6 Å². The van der Waals surface area contributed by atoms with Crippen molar-refractivity contribution in [1.29, 1.82) is 0 Å². The van der Waals surface area contributed by atoms with E-state index in [2.05, 4.69) is 30.9 Å². The van der Waals surface area contributed by atoms with Gasteiger partial charge in [0.15, 0.2) is 12.0 Å². The predicted octanol–water partition coefficient (Wildman–Crippen LogP) is 2.53. The van der Waals surface area contributed by atoms with E-state index in [9.17, 15) is 14.5 Å². The van der Waals surface area contributed by atoms with Crippen molar-refractivity contribution >= 4 is 52.3 Å². The zero-order valence-electron chi connectivity index (χ0n) is 20.3. The Morgan fingerprint density at radius 3 is 2.92 bits per heavy atom. The molecular formula is C22H25BrFN6O7P. The third kappa shape index (κ3) is 4.73. The molecule has 3 aromatic heterocycles. The normalized spacial score (nSPS) is 28.7. The molecule has 0 radical (unpaired) electrons. The predicted molar refractivity (Wildman–Crippen MR) is 136 cm³/mol. The molecule has 16 heteroatoms. The van der Waals surface area contributed by atoms with E-state index >= 15 is 4.39 Å². The van der Waals surface area contributed by atoms with Crippen LogP contribution in [0.5, 0.6) is 5.75 Å². The molecule has 0 aromatic carbocycles. The second-order valence-electron chi connectivity index (χ2n) is 9.00. The number of hydrogen-bond acceptors (Lipinski definition) is 12. The van der Waals surface area contributed by atoms with Crippen LogP contribution < -0.4 is 16.0 Å². The molecule has 5 atom stereocenters. The Labute approximate surface area is 224 Å². The number of halogens is 2. The number of hydrogen-bond donors (Lipinski definition) is 3. The lowest BCUT2D eigenvalue weighted by atomic mass is 10.1. The van der Waals surface area contributed by atoms with Crippen LogP contribution in [-0.2, 0) is 36.4 Å². The second kappa shape index (κ2) is 9.72. The standard InChI is InChI=1S/C22H25BrFN6O7P/c1-10-16-13(12(7-27-10)8-34-11(2)31)4-6-38(33,37-16)35-9-15-17(32)22(23,24)20(36-15)30-5-3-14-18(25)28-21(26)29-19(14)30/h3,5,7,15,17,20,32H,4,6,8-9H2,1-2H3,(H4,25,26,28,29)/t15-,17?,20-,22-,38?/m1/s1. The monoisotopic (exact) mass is 614 g/mol. The van der Waals surface area contributed by atoms with Gasteiger partial charge in [0.2, 0.25) is 10.5 Å². The highest BCUT2D eigenvalue weighted by atomic mass is 79.9. The molecule has 0 amide bonds. The summed E-state index contributed by atoms with van der Waals surface area (Å²) in [5, 5.41) is 11.1. The first kappa shape index (κ1) is 26.8. The Morgan fingerprint density at radius 2 is 2.18 bits per heavy atom. The molecule has 3 aromatic rings. The van der Waals surface area contributed by atoms with Gasteiger partial charge in [-0.15, -0.1) is 0 Å². The minimum atomic E-state index is -3.72. The van der Waals surface area contributed by atoms with Crippen LogP contribution in [0.15, 0.2) is 18.5 Å². The number of nitrogens with two attached hydrogens (primary N) is 2. The average molecular weight is 615 g/mol. The molecule has 38 heavy (non-hydrogen) atoms. The molecule has 204 valence electrons. The topological polar surface area (TPSA) is 187 Å². The lowest BCUT2D eigenvalue weighted by Gasteiger charge is -2.28. The second-order valence-corrected chi connectivity index (χ2v) is 12.3. The van der Waals surface area contributed by atoms with Gasteiger partial charge in [0.05, 0.1) is 23.8 Å². The minimum Gasteiger partial charge on any atom is -0.461 e. The molecule has 5 N–H and O–H groups in total. The van der Waals surface area contributed by atoms with Crippen molar-refractivity contribution < 1.29 is 37.4 Å². The SMILES string of the molecule is CC(=O)OCc1cnc(C)c2c1CCP(=O)(OC[C@H]1O[C@@H](n3ccc4c(N)nc(N)nc43)[C@@](F)(Br)C1O)O2. The fourth-order valence-electron chi connectivity index (χ4n) is 4.46. The van der Waals surface area contributed by atoms with Gasteiger partial charge in [0.25, 0.3) is 0 Å². The van der Waals surface area contributed by atoms with Crippen LogP contribution in [0.4, 0.5) is 16.2 Å². The van der Waals surface area contributed by atoms with Gasteiger partial charge in [0, 0.05) is 30.4 Å². The van der Waals surface area contributed by atoms with Crippen LogP contribution >= 0.6 is 23.5 Å². The van der Waals surface area contributed by atoms with E-state index in [-0.39, 0.29) is 35.9 Å². The molecule has 1 fully saturated rings. The summed E-state index contributed by atoms with van der Waals surface area (Å²) < 4.78 is 50.3. The zero-order chi connectivity index (χ0) is 27.4. The van der Waals surface area contributed by atoms with Gasteiger partial charge in [-0.25, -0.2) is 8.96 Å². The van der Waals surface area contributed by atoms with Crippen molar-refractivity contribution in [3.8, 4) is 5.75 Å². The Kier molecular flexibility index (Phi) is 6.84. The van der Waals surface area contributed by atoms with E-state index < -0.39 is 43.2 Å². The number of nitrogens with zero attached hydrogens (tertiary/aromatic N) is 4. The maximum Gasteiger partial charge on any atom is 0.379 e. The lowest BCUT2D eigenvalue weighted by Crippen LogP contribution is -2.38. The molecular weight excluding hydrogens is 590 g/mol. The van der Waals surface area contributed by atoms with Crippen LogP contribution in [0.1, 0.15) is 30.0 Å². The number of aromatic nitrogens is 4. The summed E-state index contributed by atoms with van der Waals surface area (Å²) in [7, 11) is -3.72. The highest BCUT2D eigenvalue weighted by molar-refractivity contribution is 9.10. The average Bonchev–Trinajstić information content (AvgIpc) is 3.36. The van der Waals surface area contributed by atoms with Crippen LogP contribution in [-0.4, -0.2) is 60.1 Å². The number of nitrogen functional groups attached to an aromatic ring is 2. The molecule has 13 nitrogen and oxygen atoms in total. The number of pyridine rings is 1. The molecule has 0 saturated carbocycles. The van der Waals surface area contributed by atoms with Crippen LogP contribution in [0.3, 0.4) is 0 Å². The molecule has 2 unspecified atom stereocenters. The number of carbonyl (C=O) groups excluding carboxylic acids is 1. The van der Waals surface area contributed by atoms with Crippen molar-refractivity contribution in [3.05, 3.63) is 35.3 Å². The number of alkyl halides is 2. The molecule has 5 rings (SSSR count). The third-order valence-corrected chi connectivity index (χ3v) is 9.02. The Bertz CT molecular complexity index is 1470. The Hall–Kier alpha value is -2.84. The maximum absolute atomic E-state index is 15.7. The number of ether oxygens (including phenoxy) is 2. The van der Waals surface area contributed by atoms with E-state index in [1.807, 2.05) is 0 Å². The molecule has 0 bridgehead atoms. The van der Waals surface area contributed by atoms with Gasteiger partial charge in [-0.2, -0.15) is 9.97 Å². The summed E-state index contributed by atoms with van der Waals surface area (Å²) in [4.78, 5) is 23.5. The fraction of sp³-hybridized carbons (Fsp3) is 0.455. The number of rotatable bonds is 6. The quantitative estimate of drug-likeness (QED) is 0.209. The summed E-state index contributed by atoms with van der Waals surface area (Å²) in [6.07, 6.45) is -0.928. The minimum absolute atomic E-state index is 0.00306. The molecule has 5 heterocycles. The Morgan fingerprint density at radius 1 is 1.42 bits per heavy atom. The number of carbonyl (C=O) groups is 1. The Balaban J connectivity index is 1.33. The number of fused-ring (bicyclic) bond motifs is 2. The molecule has 2 aliphatic rings. The van der Waals surface area contributed by atoms with Gasteiger partial charge < -0.3 is 35.1 Å². The molecule has 2 aliphatic heterocycles. The van der Waals surface area contributed by atoms with E-state index in [4.69, 9.17) is 30.0 Å². The maximum atomic E-state index is 15.7. The fourth-order valence-corrected chi connectivity index (χ4v) is 6.74. The number of aryl methyl sites for hydroxylation is 1. The summed E-state index contributed by atoms with van der Waals surface area (Å²) >= 11 is 2.93. The van der Waals surface area contributed by atoms with Crippen LogP contribution in [0.25, 0.3) is 11.0 Å².